The lowest BCUT2D eigenvalue weighted by molar-refractivity contribution is -0.114. The number of rotatable bonds is 8. The summed E-state index contributed by atoms with van der Waals surface area (Å²) in [6.07, 6.45) is 0. The second-order valence-corrected chi connectivity index (χ2v) is 6.87. The number of benzene rings is 3. The van der Waals surface area contributed by atoms with Crippen LogP contribution < -0.4 is 10.6 Å². The number of anilines is 2. The molecule has 154 valence electrons. The number of nitrogens with one attached hydrogen (secondary N) is 2. The summed E-state index contributed by atoms with van der Waals surface area (Å²) < 4.78 is 0. The molecular weight excluding hydrogens is 374 g/mol. The van der Waals surface area contributed by atoms with E-state index >= 15 is 0 Å². The van der Waals surface area contributed by atoms with Crippen LogP contribution in [0.2, 0.25) is 0 Å². The minimum atomic E-state index is -0.174. The largest absolute Gasteiger partial charge is 0.376 e. The van der Waals surface area contributed by atoms with E-state index in [9.17, 15) is 9.59 Å². The Balaban J connectivity index is 1.61. The summed E-state index contributed by atoms with van der Waals surface area (Å²) >= 11 is 0. The first-order valence-corrected chi connectivity index (χ1v) is 10.2. The molecule has 5 heteroatoms. The van der Waals surface area contributed by atoms with Gasteiger partial charge in [0.25, 0.3) is 5.91 Å². The summed E-state index contributed by atoms with van der Waals surface area (Å²) in [6, 6.07) is 25.1. The maximum absolute atomic E-state index is 12.7. The van der Waals surface area contributed by atoms with Gasteiger partial charge in [-0.1, -0.05) is 54.6 Å². The summed E-state index contributed by atoms with van der Waals surface area (Å²) in [5.41, 5.74) is 4.18. The Kier molecular flexibility index (Phi) is 7.22. The third-order valence-electron chi connectivity index (χ3n) is 4.92. The van der Waals surface area contributed by atoms with Gasteiger partial charge in [0.05, 0.1) is 12.1 Å². The van der Waals surface area contributed by atoms with Crippen molar-refractivity contribution in [3.8, 4) is 11.1 Å². The first kappa shape index (κ1) is 21.1. The second-order valence-electron chi connectivity index (χ2n) is 6.87. The Morgan fingerprint density at radius 2 is 1.37 bits per heavy atom. The van der Waals surface area contributed by atoms with Crippen molar-refractivity contribution >= 4 is 23.2 Å². The van der Waals surface area contributed by atoms with Gasteiger partial charge >= 0.3 is 0 Å². The lowest BCUT2D eigenvalue weighted by Crippen LogP contribution is -2.31. The summed E-state index contributed by atoms with van der Waals surface area (Å²) in [5.74, 6) is -0.215. The SMILES string of the molecule is CCN(CC)C(=O)c1ccccc1NCC(=O)Nc1ccc(-c2ccccc2)cc1. The summed E-state index contributed by atoms with van der Waals surface area (Å²) in [5, 5.41) is 5.98. The van der Waals surface area contributed by atoms with Crippen molar-refractivity contribution in [3.63, 3.8) is 0 Å². The van der Waals surface area contributed by atoms with Crippen molar-refractivity contribution in [2.75, 3.05) is 30.3 Å². The number of amides is 2. The van der Waals surface area contributed by atoms with Crippen molar-refractivity contribution in [1.82, 2.24) is 4.90 Å². The third-order valence-corrected chi connectivity index (χ3v) is 4.92. The molecule has 0 aromatic heterocycles. The number of hydrogen-bond acceptors (Lipinski definition) is 3. The first-order valence-electron chi connectivity index (χ1n) is 10.2. The van der Waals surface area contributed by atoms with E-state index in [-0.39, 0.29) is 18.4 Å². The molecule has 0 spiro atoms. The van der Waals surface area contributed by atoms with E-state index in [1.54, 1.807) is 11.0 Å². The lowest BCUT2D eigenvalue weighted by atomic mass is 10.1. The predicted octanol–water partition coefficient (Wildman–Crippen LogP) is 4.89. The van der Waals surface area contributed by atoms with Gasteiger partial charge in [0.2, 0.25) is 5.91 Å². The van der Waals surface area contributed by atoms with Crippen LogP contribution in [0.15, 0.2) is 78.9 Å². The van der Waals surface area contributed by atoms with E-state index < -0.39 is 0 Å². The molecule has 0 aliphatic rings. The van der Waals surface area contributed by atoms with Crippen molar-refractivity contribution in [1.29, 1.82) is 0 Å². The molecular formula is C25H27N3O2. The molecule has 0 atom stereocenters. The quantitative estimate of drug-likeness (QED) is 0.565. The van der Waals surface area contributed by atoms with Crippen LogP contribution in [0.5, 0.6) is 0 Å². The highest BCUT2D eigenvalue weighted by atomic mass is 16.2. The van der Waals surface area contributed by atoms with Gasteiger partial charge in [0, 0.05) is 24.5 Å². The second kappa shape index (κ2) is 10.3. The molecule has 0 unspecified atom stereocenters. The molecule has 0 fully saturated rings. The topological polar surface area (TPSA) is 61.4 Å². The Morgan fingerprint density at radius 1 is 0.767 bits per heavy atom. The van der Waals surface area contributed by atoms with Crippen LogP contribution in [0.4, 0.5) is 11.4 Å². The Bertz CT molecular complexity index is 981. The van der Waals surface area contributed by atoms with E-state index in [1.165, 1.54) is 0 Å². The molecule has 2 amide bonds. The molecule has 0 radical (unpaired) electrons. The summed E-state index contributed by atoms with van der Waals surface area (Å²) in [7, 11) is 0. The molecule has 0 saturated carbocycles. The fraction of sp³-hybridized carbons (Fsp3) is 0.200. The average Bonchev–Trinajstić information content (AvgIpc) is 2.80. The van der Waals surface area contributed by atoms with Gasteiger partial charge in [-0.15, -0.1) is 0 Å². The van der Waals surface area contributed by atoms with Gasteiger partial charge in [-0.3, -0.25) is 9.59 Å². The van der Waals surface area contributed by atoms with Crippen molar-refractivity contribution in [2.45, 2.75) is 13.8 Å². The predicted molar refractivity (Wildman–Crippen MR) is 123 cm³/mol. The molecule has 0 saturated heterocycles. The summed E-state index contributed by atoms with van der Waals surface area (Å²) in [4.78, 5) is 26.9. The van der Waals surface area contributed by atoms with Crippen LogP contribution in [0.25, 0.3) is 11.1 Å². The Morgan fingerprint density at radius 3 is 2.03 bits per heavy atom. The number of carbonyl (C=O) groups excluding carboxylic acids is 2. The fourth-order valence-corrected chi connectivity index (χ4v) is 3.26. The Hall–Kier alpha value is -3.60. The van der Waals surface area contributed by atoms with Gasteiger partial charge in [-0.05, 0) is 49.2 Å². The molecule has 0 bridgehead atoms. The van der Waals surface area contributed by atoms with Gasteiger partial charge in [-0.25, -0.2) is 0 Å². The molecule has 0 aliphatic heterocycles. The van der Waals surface area contributed by atoms with Gasteiger partial charge < -0.3 is 15.5 Å². The normalized spacial score (nSPS) is 10.3. The smallest absolute Gasteiger partial charge is 0.255 e. The zero-order valence-electron chi connectivity index (χ0n) is 17.4. The van der Waals surface area contributed by atoms with Crippen molar-refractivity contribution in [2.24, 2.45) is 0 Å². The molecule has 0 aliphatic carbocycles. The molecule has 30 heavy (non-hydrogen) atoms. The highest BCUT2D eigenvalue weighted by molar-refractivity contribution is 6.01. The number of para-hydroxylation sites is 1. The van der Waals surface area contributed by atoms with Crippen LogP contribution in [0, 0.1) is 0 Å². The van der Waals surface area contributed by atoms with Crippen LogP contribution in [0.1, 0.15) is 24.2 Å². The fourth-order valence-electron chi connectivity index (χ4n) is 3.26. The summed E-state index contributed by atoms with van der Waals surface area (Å²) in [6.45, 7) is 5.26. The molecule has 5 nitrogen and oxygen atoms in total. The molecule has 3 rings (SSSR count). The monoisotopic (exact) mass is 401 g/mol. The van der Waals surface area contributed by atoms with Crippen molar-refractivity contribution in [3.05, 3.63) is 84.4 Å². The van der Waals surface area contributed by atoms with Crippen LogP contribution in [0.3, 0.4) is 0 Å². The van der Waals surface area contributed by atoms with Crippen LogP contribution >= 0.6 is 0 Å². The van der Waals surface area contributed by atoms with Gasteiger partial charge in [-0.2, -0.15) is 0 Å². The molecule has 3 aromatic carbocycles. The van der Waals surface area contributed by atoms with Gasteiger partial charge in [0.15, 0.2) is 0 Å². The zero-order valence-corrected chi connectivity index (χ0v) is 17.4. The van der Waals surface area contributed by atoms with E-state index in [0.29, 0.717) is 24.3 Å². The third kappa shape index (κ3) is 5.26. The first-order chi connectivity index (χ1) is 14.6. The highest BCUT2D eigenvalue weighted by Crippen LogP contribution is 2.21. The van der Waals surface area contributed by atoms with Gasteiger partial charge in [0.1, 0.15) is 0 Å². The maximum atomic E-state index is 12.7. The number of hydrogen-bond donors (Lipinski definition) is 2. The van der Waals surface area contributed by atoms with Crippen LogP contribution in [-0.2, 0) is 4.79 Å². The highest BCUT2D eigenvalue weighted by Gasteiger charge is 2.16. The number of carbonyl (C=O) groups is 2. The van der Waals surface area contributed by atoms with E-state index in [2.05, 4.69) is 22.8 Å². The lowest BCUT2D eigenvalue weighted by Gasteiger charge is -2.20. The molecule has 3 aromatic rings. The maximum Gasteiger partial charge on any atom is 0.255 e. The van der Waals surface area contributed by atoms with E-state index in [0.717, 1.165) is 16.8 Å². The van der Waals surface area contributed by atoms with Crippen LogP contribution in [-0.4, -0.2) is 36.3 Å². The number of nitrogens with zero attached hydrogens (tertiary/aromatic N) is 1. The minimum Gasteiger partial charge on any atom is -0.376 e. The molecule has 2 N–H and O–H groups in total. The average molecular weight is 402 g/mol. The van der Waals surface area contributed by atoms with Crippen molar-refractivity contribution < 1.29 is 9.59 Å². The van der Waals surface area contributed by atoms with E-state index in [4.69, 9.17) is 0 Å². The Labute approximate surface area is 177 Å². The molecule has 0 heterocycles. The minimum absolute atomic E-state index is 0.0417. The van der Waals surface area contributed by atoms with E-state index in [1.807, 2.05) is 74.5 Å². The standard InChI is InChI=1S/C25H27N3O2/c1-3-28(4-2)25(30)22-12-8-9-13-23(22)26-18-24(29)27-21-16-14-20(15-17-21)19-10-6-5-7-11-19/h5-17,26H,3-4,18H2,1-2H3,(H,27,29). The zero-order chi connectivity index (χ0) is 21.3.